The van der Waals surface area contributed by atoms with Crippen LogP contribution in [0.2, 0.25) is 5.02 Å². The van der Waals surface area contributed by atoms with Gasteiger partial charge in [0.15, 0.2) is 0 Å². The molecule has 1 heterocycles. The van der Waals surface area contributed by atoms with Crippen LogP contribution in [0.4, 0.5) is 5.69 Å². The molecule has 0 saturated carbocycles. The van der Waals surface area contributed by atoms with E-state index in [0.717, 1.165) is 5.56 Å². The molecule has 0 spiro atoms. The van der Waals surface area contributed by atoms with Crippen LogP contribution in [0, 0.1) is 18.8 Å². The molecule has 3 N–H and O–H groups in total. The summed E-state index contributed by atoms with van der Waals surface area (Å²) < 4.78 is 0. The Hall–Kier alpha value is -1.80. The van der Waals surface area contributed by atoms with Gasteiger partial charge in [-0.3, -0.25) is 4.79 Å². The minimum Gasteiger partial charge on any atom is -0.320 e. The van der Waals surface area contributed by atoms with E-state index in [0.29, 0.717) is 21.2 Å². The fourth-order valence-electron chi connectivity index (χ4n) is 1.66. The van der Waals surface area contributed by atoms with E-state index in [-0.39, 0.29) is 12.5 Å². The molecule has 0 fully saturated rings. The van der Waals surface area contributed by atoms with Gasteiger partial charge in [0.25, 0.3) is 5.91 Å². The molecule has 1 aromatic carbocycles. The Labute approximate surface area is 126 Å². The monoisotopic (exact) mass is 304 g/mol. The average molecular weight is 305 g/mol. The van der Waals surface area contributed by atoms with Crippen molar-refractivity contribution in [3.63, 3.8) is 0 Å². The molecule has 0 radical (unpaired) electrons. The molecule has 2 aromatic rings. The lowest BCUT2D eigenvalue weighted by Gasteiger charge is -2.07. The minimum atomic E-state index is -0.157. The van der Waals surface area contributed by atoms with Gasteiger partial charge in [0.05, 0.1) is 17.1 Å². The molecule has 5 heteroatoms. The van der Waals surface area contributed by atoms with Crippen molar-refractivity contribution in [1.29, 1.82) is 0 Å². The number of anilines is 1. The van der Waals surface area contributed by atoms with Crippen LogP contribution >= 0.6 is 22.9 Å². The molecule has 3 nitrogen and oxygen atoms in total. The van der Waals surface area contributed by atoms with Gasteiger partial charge in [-0.1, -0.05) is 23.4 Å². The second kappa shape index (κ2) is 6.58. The molecule has 0 aliphatic rings. The van der Waals surface area contributed by atoms with E-state index in [1.54, 1.807) is 18.2 Å². The van der Waals surface area contributed by atoms with Gasteiger partial charge in [-0.05, 0) is 42.1 Å². The number of hydrogen-bond donors (Lipinski definition) is 2. The van der Waals surface area contributed by atoms with E-state index in [4.69, 9.17) is 17.3 Å². The number of hydrogen-bond acceptors (Lipinski definition) is 3. The zero-order chi connectivity index (χ0) is 14.5. The summed E-state index contributed by atoms with van der Waals surface area (Å²) in [5, 5.41) is 5.28. The molecule has 1 aromatic heterocycles. The molecule has 20 heavy (non-hydrogen) atoms. The molecule has 0 saturated heterocycles. The smallest absolute Gasteiger partial charge is 0.266 e. The molecular weight excluding hydrogens is 292 g/mol. The fourth-order valence-corrected chi connectivity index (χ4v) is 2.65. The summed E-state index contributed by atoms with van der Waals surface area (Å²) in [6, 6.07) is 7.09. The highest BCUT2D eigenvalue weighted by molar-refractivity contribution is 7.12. The molecule has 0 atom stereocenters. The van der Waals surface area contributed by atoms with Gasteiger partial charge in [-0.2, -0.15) is 0 Å². The van der Waals surface area contributed by atoms with Crippen molar-refractivity contribution < 1.29 is 4.79 Å². The fraction of sp³-hybridized carbons (Fsp3) is 0.133. The van der Waals surface area contributed by atoms with Gasteiger partial charge in [-0.15, -0.1) is 11.3 Å². The first kappa shape index (κ1) is 14.6. The summed E-state index contributed by atoms with van der Waals surface area (Å²) in [5.74, 6) is 5.53. The largest absolute Gasteiger partial charge is 0.320 e. The minimum absolute atomic E-state index is 0.157. The second-order valence-corrected chi connectivity index (χ2v) is 5.44. The van der Waals surface area contributed by atoms with Crippen molar-refractivity contribution in [1.82, 2.24) is 0 Å². The van der Waals surface area contributed by atoms with Gasteiger partial charge in [0.2, 0.25) is 0 Å². The number of amides is 1. The lowest BCUT2D eigenvalue weighted by Crippen LogP contribution is -2.12. The Balaban J connectivity index is 2.31. The number of carbonyl (C=O) groups is 1. The molecule has 0 unspecified atom stereocenters. The van der Waals surface area contributed by atoms with Gasteiger partial charge in [-0.25, -0.2) is 0 Å². The second-order valence-electron chi connectivity index (χ2n) is 4.08. The number of halogens is 1. The van der Waals surface area contributed by atoms with Crippen molar-refractivity contribution in [3.8, 4) is 11.8 Å². The number of benzene rings is 1. The number of aryl methyl sites for hydroxylation is 1. The number of rotatable bonds is 2. The van der Waals surface area contributed by atoms with E-state index >= 15 is 0 Å². The number of thiophene rings is 1. The van der Waals surface area contributed by atoms with Crippen LogP contribution in [0.3, 0.4) is 0 Å². The summed E-state index contributed by atoms with van der Waals surface area (Å²) in [6.45, 7) is 2.17. The van der Waals surface area contributed by atoms with Crippen molar-refractivity contribution in [2.24, 2.45) is 5.73 Å². The Morgan fingerprint density at radius 3 is 2.90 bits per heavy atom. The van der Waals surface area contributed by atoms with Crippen LogP contribution < -0.4 is 11.1 Å². The van der Waals surface area contributed by atoms with E-state index in [1.807, 2.05) is 18.4 Å². The molecule has 2 rings (SSSR count). The lowest BCUT2D eigenvalue weighted by molar-refractivity contribution is 0.103. The summed E-state index contributed by atoms with van der Waals surface area (Å²) in [7, 11) is 0. The first-order valence-corrected chi connectivity index (χ1v) is 7.21. The lowest BCUT2D eigenvalue weighted by atomic mass is 10.1. The van der Waals surface area contributed by atoms with Crippen molar-refractivity contribution in [2.75, 3.05) is 11.9 Å². The van der Waals surface area contributed by atoms with Crippen LogP contribution in [0.25, 0.3) is 0 Å². The third kappa shape index (κ3) is 3.40. The Morgan fingerprint density at radius 1 is 1.45 bits per heavy atom. The topological polar surface area (TPSA) is 55.1 Å². The maximum Gasteiger partial charge on any atom is 0.266 e. The third-order valence-electron chi connectivity index (χ3n) is 2.62. The predicted octanol–water partition coefficient (Wildman–Crippen LogP) is 3.27. The Kier molecular flexibility index (Phi) is 4.80. The normalized spacial score (nSPS) is 9.75. The van der Waals surface area contributed by atoms with Gasteiger partial charge >= 0.3 is 0 Å². The average Bonchev–Trinajstić information content (AvgIpc) is 2.84. The van der Waals surface area contributed by atoms with Crippen LogP contribution in [0.1, 0.15) is 20.8 Å². The Morgan fingerprint density at radius 2 is 2.25 bits per heavy atom. The van der Waals surface area contributed by atoms with Crippen molar-refractivity contribution in [2.45, 2.75) is 6.92 Å². The Bertz CT molecular complexity index is 697. The zero-order valence-electron chi connectivity index (χ0n) is 10.9. The van der Waals surface area contributed by atoms with Crippen molar-refractivity contribution in [3.05, 3.63) is 50.7 Å². The highest BCUT2D eigenvalue weighted by atomic mass is 35.5. The van der Waals surface area contributed by atoms with E-state index in [2.05, 4.69) is 17.2 Å². The van der Waals surface area contributed by atoms with Gasteiger partial charge < -0.3 is 11.1 Å². The van der Waals surface area contributed by atoms with Crippen molar-refractivity contribution >= 4 is 34.5 Å². The standard InChI is InChI=1S/C15H13ClN2OS/c1-10-6-8-20-14(10)15(19)18-13-9-12(16)5-4-11(13)3-2-7-17/h4-6,8-9H,7,17H2,1H3,(H,18,19). The first-order valence-electron chi connectivity index (χ1n) is 5.95. The molecule has 102 valence electrons. The van der Waals surface area contributed by atoms with Gasteiger partial charge in [0, 0.05) is 10.6 Å². The highest BCUT2D eigenvalue weighted by Crippen LogP contribution is 2.23. The first-order chi connectivity index (χ1) is 9.61. The molecular formula is C15H13ClN2OS. The quantitative estimate of drug-likeness (QED) is 0.837. The molecule has 1 amide bonds. The van der Waals surface area contributed by atoms with E-state index in [9.17, 15) is 4.79 Å². The summed E-state index contributed by atoms with van der Waals surface area (Å²) in [6.07, 6.45) is 0. The maximum atomic E-state index is 12.2. The van der Waals surface area contributed by atoms with Crippen LogP contribution in [0.5, 0.6) is 0 Å². The highest BCUT2D eigenvalue weighted by Gasteiger charge is 2.12. The number of nitrogens with two attached hydrogens (primary N) is 1. The van der Waals surface area contributed by atoms with Crippen LogP contribution in [-0.2, 0) is 0 Å². The van der Waals surface area contributed by atoms with Crippen LogP contribution in [-0.4, -0.2) is 12.5 Å². The summed E-state index contributed by atoms with van der Waals surface area (Å²) in [4.78, 5) is 12.9. The summed E-state index contributed by atoms with van der Waals surface area (Å²) >= 11 is 7.37. The SMILES string of the molecule is Cc1ccsc1C(=O)Nc1cc(Cl)ccc1C#CCN. The number of carbonyl (C=O) groups excluding carboxylic acids is 1. The zero-order valence-corrected chi connectivity index (χ0v) is 12.4. The van der Waals surface area contributed by atoms with Gasteiger partial charge in [0.1, 0.15) is 0 Å². The van der Waals surface area contributed by atoms with E-state index < -0.39 is 0 Å². The third-order valence-corrected chi connectivity index (χ3v) is 3.87. The number of nitrogens with one attached hydrogen (secondary N) is 1. The summed E-state index contributed by atoms with van der Waals surface area (Å²) in [5.41, 5.74) is 7.61. The van der Waals surface area contributed by atoms with E-state index in [1.165, 1.54) is 11.3 Å². The molecule has 0 aliphatic heterocycles. The van der Waals surface area contributed by atoms with Crippen LogP contribution in [0.15, 0.2) is 29.6 Å². The molecule has 0 aliphatic carbocycles. The maximum absolute atomic E-state index is 12.2. The molecule has 0 bridgehead atoms. The predicted molar refractivity (Wildman–Crippen MR) is 84.4 cm³/mol.